The molecule has 1 aromatic carbocycles. The predicted octanol–water partition coefficient (Wildman–Crippen LogP) is 2.78. The highest BCUT2D eigenvalue weighted by Crippen LogP contribution is 2.13. The smallest absolute Gasteiger partial charge is 0.0991 e. The predicted molar refractivity (Wildman–Crippen MR) is 62.4 cm³/mol. The van der Waals surface area contributed by atoms with E-state index in [0.29, 0.717) is 5.56 Å². The minimum atomic E-state index is 0.276. The van der Waals surface area contributed by atoms with Gasteiger partial charge in [0.05, 0.1) is 11.6 Å². The van der Waals surface area contributed by atoms with Gasteiger partial charge in [-0.3, -0.25) is 0 Å². The molecule has 78 valence electrons. The van der Waals surface area contributed by atoms with Crippen LogP contribution in [0.25, 0.3) is 0 Å². The third kappa shape index (κ3) is 3.57. The SMILES string of the molecule is C=CCCNC(C)c1cccc(C#N)c1. The van der Waals surface area contributed by atoms with Crippen molar-refractivity contribution in [2.24, 2.45) is 0 Å². The molecule has 1 atom stereocenters. The van der Waals surface area contributed by atoms with Crippen molar-refractivity contribution >= 4 is 0 Å². The van der Waals surface area contributed by atoms with Crippen LogP contribution in [0.2, 0.25) is 0 Å². The lowest BCUT2D eigenvalue weighted by molar-refractivity contribution is 0.581. The van der Waals surface area contributed by atoms with Gasteiger partial charge in [-0.1, -0.05) is 18.2 Å². The minimum Gasteiger partial charge on any atom is -0.310 e. The molecule has 0 amide bonds. The van der Waals surface area contributed by atoms with E-state index in [1.54, 1.807) is 0 Å². The Kier molecular flexibility index (Phi) is 4.59. The van der Waals surface area contributed by atoms with Crippen LogP contribution >= 0.6 is 0 Å². The van der Waals surface area contributed by atoms with Crippen LogP contribution in [-0.4, -0.2) is 6.54 Å². The first-order valence-corrected chi connectivity index (χ1v) is 5.12. The highest BCUT2D eigenvalue weighted by Gasteiger charge is 2.03. The van der Waals surface area contributed by atoms with Gasteiger partial charge in [-0.05, 0) is 37.6 Å². The molecular formula is C13H16N2. The average Bonchev–Trinajstić information content (AvgIpc) is 2.29. The molecular weight excluding hydrogens is 184 g/mol. The van der Waals surface area contributed by atoms with Gasteiger partial charge in [0.2, 0.25) is 0 Å². The highest BCUT2D eigenvalue weighted by atomic mass is 14.9. The molecule has 0 fully saturated rings. The van der Waals surface area contributed by atoms with Gasteiger partial charge < -0.3 is 5.32 Å². The zero-order valence-electron chi connectivity index (χ0n) is 9.03. The number of rotatable bonds is 5. The Morgan fingerprint density at radius 2 is 2.40 bits per heavy atom. The van der Waals surface area contributed by atoms with Gasteiger partial charge in [-0.25, -0.2) is 0 Å². The van der Waals surface area contributed by atoms with Crippen LogP contribution in [0.5, 0.6) is 0 Å². The second-order valence-corrected chi connectivity index (χ2v) is 3.49. The zero-order chi connectivity index (χ0) is 11.1. The fourth-order valence-corrected chi connectivity index (χ4v) is 1.40. The maximum absolute atomic E-state index is 8.77. The van der Waals surface area contributed by atoms with Gasteiger partial charge in [0.1, 0.15) is 0 Å². The summed E-state index contributed by atoms with van der Waals surface area (Å²) >= 11 is 0. The molecule has 0 saturated heterocycles. The van der Waals surface area contributed by atoms with Crippen molar-refractivity contribution in [2.75, 3.05) is 6.54 Å². The fourth-order valence-electron chi connectivity index (χ4n) is 1.40. The molecule has 0 aliphatic rings. The average molecular weight is 200 g/mol. The second kappa shape index (κ2) is 6.00. The molecule has 1 N–H and O–H groups in total. The van der Waals surface area contributed by atoms with Gasteiger partial charge in [0, 0.05) is 6.04 Å². The Hall–Kier alpha value is -1.59. The molecule has 0 aliphatic carbocycles. The molecule has 0 saturated carbocycles. The number of nitriles is 1. The Morgan fingerprint density at radius 1 is 1.60 bits per heavy atom. The topological polar surface area (TPSA) is 35.8 Å². The number of nitrogens with one attached hydrogen (secondary N) is 1. The molecule has 1 unspecified atom stereocenters. The molecule has 0 bridgehead atoms. The van der Waals surface area contributed by atoms with Crippen molar-refractivity contribution in [1.82, 2.24) is 5.32 Å². The van der Waals surface area contributed by atoms with E-state index in [9.17, 15) is 0 Å². The van der Waals surface area contributed by atoms with Gasteiger partial charge in [0.15, 0.2) is 0 Å². The molecule has 0 radical (unpaired) electrons. The third-order valence-electron chi connectivity index (χ3n) is 2.31. The van der Waals surface area contributed by atoms with Crippen LogP contribution in [0, 0.1) is 11.3 Å². The zero-order valence-corrected chi connectivity index (χ0v) is 9.03. The van der Waals surface area contributed by atoms with Gasteiger partial charge in [-0.15, -0.1) is 6.58 Å². The van der Waals surface area contributed by atoms with Gasteiger partial charge in [-0.2, -0.15) is 5.26 Å². The van der Waals surface area contributed by atoms with E-state index in [-0.39, 0.29) is 6.04 Å². The summed E-state index contributed by atoms with van der Waals surface area (Å²) in [5, 5.41) is 12.1. The summed E-state index contributed by atoms with van der Waals surface area (Å²) < 4.78 is 0. The van der Waals surface area contributed by atoms with Crippen molar-refractivity contribution in [3.63, 3.8) is 0 Å². The summed E-state index contributed by atoms with van der Waals surface area (Å²) in [6.45, 7) is 6.69. The standard InChI is InChI=1S/C13H16N2/c1-3-4-8-15-11(2)13-7-5-6-12(9-13)10-14/h3,5-7,9,11,15H,1,4,8H2,2H3. The van der Waals surface area contributed by atoms with Crippen molar-refractivity contribution in [3.8, 4) is 6.07 Å². The van der Waals surface area contributed by atoms with Crippen molar-refractivity contribution < 1.29 is 0 Å². The quantitative estimate of drug-likeness (QED) is 0.586. The van der Waals surface area contributed by atoms with Crippen LogP contribution in [0.1, 0.15) is 30.5 Å². The van der Waals surface area contributed by atoms with Crippen LogP contribution in [0.4, 0.5) is 0 Å². The third-order valence-corrected chi connectivity index (χ3v) is 2.31. The summed E-state index contributed by atoms with van der Waals surface area (Å²) in [5.41, 5.74) is 1.86. The lowest BCUT2D eigenvalue weighted by Gasteiger charge is -2.13. The molecule has 0 aromatic heterocycles. The number of benzene rings is 1. The Morgan fingerprint density at radius 3 is 3.07 bits per heavy atom. The summed E-state index contributed by atoms with van der Waals surface area (Å²) in [5.74, 6) is 0. The lowest BCUT2D eigenvalue weighted by atomic mass is 10.1. The molecule has 1 aromatic rings. The van der Waals surface area contributed by atoms with Crippen LogP contribution in [-0.2, 0) is 0 Å². The maximum atomic E-state index is 8.77. The fraction of sp³-hybridized carbons (Fsp3) is 0.308. The summed E-state index contributed by atoms with van der Waals surface area (Å²) in [6, 6.07) is 10.1. The second-order valence-electron chi connectivity index (χ2n) is 3.49. The van der Waals surface area contributed by atoms with E-state index < -0.39 is 0 Å². The molecule has 0 heterocycles. The van der Waals surface area contributed by atoms with E-state index in [0.717, 1.165) is 18.5 Å². The lowest BCUT2D eigenvalue weighted by Crippen LogP contribution is -2.19. The molecule has 0 aliphatic heterocycles. The van der Waals surface area contributed by atoms with Crippen LogP contribution in [0.3, 0.4) is 0 Å². The van der Waals surface area contributed by atoms with Crippen molar-refractivity contribution in [1.29, 1.82) is 5.26 Å². The van der Waals surface area contributed by atoms with Gasteiger partial charge >= 0.3 is 0 Å². The molecule has 2 nitrogen and oxygen atoms in total. The van der Waals surface area contributed by atoms with E-state index >= 15 is 0 Å². The van der Waals surface area contributed by atoms with E-state index in [1.807, 2.05) is 30.3 Å². The first kappa shape index (κ1) is 11.5. The monoisotopic (exact) mass is 200 g/mol. The van der Waals surface area contributed by atoms with E-state index in [1.165, 1.54) is 0 Å². The number of hydrogen-bond acceptors (Lipinski definition) is 2. The van der Waals surface area contributed by atoms with Crippen molar-refractivity contribution in [2.45, 2.75) is 19.4 Å². The first-order chi connectivity index (χ1) is 7.27. The van der Waals surface area contributed by atoms with Gasteiger partial charge in [0.25, 0.3) is 0 Å². The molecule has 15 heavy (non-hydrogen) atoms. The highest BCUT2D eigenvalue weighted by molar-refractivity contribution is 5.33. The maximum Gasteiger partial charge on any atom is 0.0991 e. The molecule has 1 rings (SSSR count). The Balaban J connectivity index is 2.61. The normalized spacial score (nSPS) is 11.7. The number of nitrogens with zero attached hydrogens (tertiary/aromatic N) is 1. The Bertz CT molecular complexity index is 363. The Labute approximate surface area is 91.2 Å². The largest absolute Gasteiger partial charge is 0.310 e. The minimum absolute atomic E-state index is 0.276. The van der Waals surface area contributed by atoms with Crippen molar-refractivity contribution in [3.05, 3.63) is 48.0 Å². The summed E-state index contributed by atoms with van der Waals surface area (Å²) in [7, 11) is 0. The van der Waals surface area contributed by atoms with E-state index in [4.69, 9.17) is 5.26 Å². The van der Waals surface area contributed by atoms with Crippen LogP contribution in [0.15, 0.2) is 36.9 Å². The first-order valence-electron chi connectivity index (χ1n) is 5.12. The summed E-state index contributed by atoms with van der Waals surface area (Å²) in [4.78, 5) is 0. The molecule has 2 heteroatoms. The van der Waals surface area contributed by atoms with Crippen LogP contribution < -0.4 is 5.32 Å². The molecule has 0 spiro atoms. The summed E-state index contributed by atoms with van der Waals surface area (Å²) in [6.07, 6.45) is 2.85. The van der Waals surface area contributed by atoms with E-state index in [2.05, 4.69) is 24.9 Å². The number of hydrogen-bond donors (Lipinski definition) is 1.